The number of nitrogens with zero attached hydrogens (tertiary/aromatic N) is 2. The minimum absolute atomic E-state index is 0.257. The maximum atomic E-state index is 10.7. The van der Waals surface area contributed by atoms with Crippen LogP contribution in [0.15, 0.2) is 18.5 Å². The second-order valence-electron chi connectivity index (χ2n) is 3.20. The lowest BCUT2D eigenvalue weighted by Crippen LogP contribution is -2.39. The summed E-state index contributed by atoms with van der Waals surface area (Å²) in [6.07, 6.45) is 4.59. The van der Waals surface area contributed by atoms with Gasteiger partial charge in [-0.25, -0.2) is 0 Å². The average Bonchev–Trinajstić information content (AvgIpc) is 2.64. The molecule has 0 aliphatic carbocycles. The number of hydrogen-bond acceptors (Lipinski definition) is 3. The van der Waals surface area contributed by atoms with Gasteiger partial charge in [0.15, 0.2) is 0 Å². The summed E-state index contributed by atoms with van der Waals surface area (Å²) in [5, 5.41) is 7.09. The fourth-order valence-corrected chi connectivity index (χ4v) is 1.09. The van der Waals surface area contributed by atoms with Gasteiger partial charge < -0.3 is 11.1 Å². The van der Waals surface area contributed by atoms with E-state index in [-0.39, 0.29) is 11.9 Å². The first-order chi connectivity index (χ1) is 6.70. The fraction of sp³-hybridized carbons (Fsp3) is 0.556. The van der Waals surface area contributed by atoms with E-state index in [0.717, 1.165) is 19.5 Å². The Morgan fingerprint density at radius 1 is 1.71 bits per heavy atom. The van der Waals surface area contributed by atoms with E-state index >= 15 is 0 Å². The molecule has 1 atom stereocenters. The standard InChI is InChI=1S/C9H16N4O/c1-8(9(10)14)11-4-2-6-13-7-3-5-12-13/h3,5,7-8,11H,2,4,6H2,1H3,(H2,10,14). The van der Waals surface area contributed by atoms with Gasteiger partial charge in [0, 0.05) is 18.9 Å². The second-order valence-corrected chi connectivity index (χ2v) is 3.20. The molecule has 5 nitrogen and oxygen atoms in total. The molecule has 14 heavy (non-hydrogen) atoms. The van der Waals surface area contributed by atoms with Crippen molar-refractivity contribution in [1.29, 1.82) is 0 Å². The molecule has 0 saturated carbocycles. The molecule has 0 aliphatic rings. The normalized spacial score (nSPS) is 12.6. The van der Waals surface area contributed by atoms with Crippen molar-refractivity contribution in [3.05, 3.63) is 18.5 Å². The van der Waals surface area contributed by atoms with Crippen LogP contribution in [0.4, 0.5) is 0 Å². The Balaban J connectivity index is 2.08. The number of aromatic nitrogens is 2. The van der Waals surface area contributed by atoms with Crippen LogP contribution >= 0.6 is 0 Å². The molecule has 0 fully saturated rings. The Bertz CT molecular complexity index is 270. The van der Waals surface area contributed by atoms with Crippen molar-refractivity contribution < 1.29 is 4.79 Å². The summed E-state index contributed by atoms with van der Waals surface area (Å²) in [5.74, 6) is -0.316. The molecule has 0 spiro atoms. The quantitative estimate of drug-likeness (QED) is 0.615. The van der Waals surface area contributed by atoms with Crippen molar-refractivity contribution in [2.45, 2.75) is 25.9 Å². The molecular formula is C9H16N4O. The molecule has 3 N–H and O–H groups in total. The molecule has 1 heterocycles. The van der Waals surface area contributed by atoms with Crippen LogP contribution in [0.25, 0.3) is 0 Å². The van der Waals surface area contributed by atoms with Gasteiger partial charge in [-0.2, -0.15) is 5.10 Å². The van der Waals surface area contributed by atoms with Gasteiger partial charge in [-0.3, -0.25) is 9.48 Å². The highest BCUT2D eigenvalue weighted by Gasteiger charge is 2.05. The predicted octanol–water partition coefficient (Wildman–Crippen LogP) is -0.263. The van der Waals surface area contributed by atoms with Crippen LogP contribution in [0, 0.1) is 0 Å². The number of aryl methyl sites for hydroxylation is 1. The van der Waals surface area contributed by atoms with E-state index in [1.807, 2.05) is 16.9 Å². The molecule has 0 saturated heterocycles. The molecule has 0 bridgehead atoms. The molecule has 1 amide bonds. The molecule has 0 radical (unpaired) electrons. The zero-order valence-electron chi connectivity index (χ0n) is 8.31. The summed E-state index contributed by atoms with van der Waals surface area (Å²) in [6.45, 7) is 3.38. The van der Waals surface area contributed by atoms with E-state index in [1.54, 1.807) is 13.1 Å². The van der Waals surface area contributed by atoms with Crippen LogP contribution in [0.3, 0.4) is 0 Å². The van der Waals surface area contributed by atoms with Crippen LogP contribution in [-0.4, -0.2) is 28.3 Å². The Morgan fingerprint density at radius 2 is 2.50 bits per heavy atom. The number of nitrogens with two attached hydrogens (primary N) is 1. The Kier molecular flexibility index (Phi) is 4.12. The Morgan fingerprint density at radius 3 is 3.07 bits per heavy atom. The van der Waals surface area contributed by atoms with Crippen molar-refractivity contribution >= 4 is 5.91 Å². The van der Waals surface area contributed by atoms with Crippen LogP contribution in [0.5, 0.6) is 0 Å². The maximum absolute atomic E-state index is 10.7. The minimum Gasteiger partial charge on any atom is -0.368 e. The van der Waals surface area contributed by atoms with E-state index in [2.05, 4.69) is 10.4 Å². The minimum atomic E-state index is -0.316. The van der Waals surface area contributed by atoms with E-state index in [9.17, 15) is 4.79 Å². The smallest absolute Gasteiger partial charge is 0.234 e. The fourth-order valence-electron chi connectivity index (χ4n) is 1.09. The number of rotatable bonds is 6. The topological polar surface area (TPSA) is 72.9 Å². The van der Waals surface area contributed by atoms with Crippen LogP contribution in [0.2, 0.25) is 0 Å². The zero-order valence-corrected chi connectivity index (χ0v) is 8.31. The number of nitrogens with one attached hydrogen (secondary N) is 1. The van der Waals surface area contributed by atoms with Gasteiger partial charge in [-0.05, 0) is 26.0 Å². The van der Waals surface area contributed by atoms with Gasteiger partial charge in [0.1, 0.15) is 0 Å². The third-order valence-corrected chi connectivity index (χ3v) is 2.00. The average molecular weight is 196 g/mol. The SMILES string of the molecule is CC(NCCCn1cccn1)C(N)=O. The lowest BCUT2D eigenvalue weighted by atomic mass is 10.3. The molecule has 0 aromatic carbocycles. The van der Waals surface area contributed by atoms with Crippen molar-refractivity contribution in [1.82, 2.24) is 15.1 Å². The first kappa shape index (κ1) is 10.7. The van der Waals surface area contributed by atoms with Gasteiger partial charge in [-0.15, -0.1) is 0 Å². The van der Waals surface area contributed by atoms with Crippen molar-refractivity contribution in [3.8, 4) is 0 Å². The van der Waals surface area contributed by atoms with E-state index in [4.69, 9.17) is 5.73 Å². The molecule has 0 aliphatic heterocycles. The number of hydrogen-bond donors (Lipinski definition) is 2. The van der Waals surface area contributed by atoms with Crippen LogP contribution in [0.1, 0.15) is 13.3 Å². The van der Waals surface area contributed by atoms with Gasteiger partial charge in [-0.1, -0.05) is 0 Å². The second kappa shape index (κ2) is 5.39. The van der Waals surface area contributed by atoms with Crippen molar-refractivity contribution in [2.75, 3.05) is 6.54 Å². The Hall–Kier alpha value is -1.36. The lowest BCUT2D eigenvalue weighted by molar-refractivity contribution is -0.119. The number of primary amides is 1. The highest BCUT2D eigenvalue weighted by atomic mass is 16.1. The first-order valence-corrected chi connectivity index (χ1v) is 4.70. The number of carbonyl (C=O) groups excluding carboxylic acids is 1. The van der Waals surface area contributed by atoms with Gasteiger partial charge >= 0.3 is 0 Å². The largest absolute Gasteiger partial charge is 0.368 e. The summed E-state index contributed by atoms with van der Waals surface area (Å²) in [6, 6.07) is 1.63. The van der Waals surface area contributed by atoms with Gasteiger partial charge in [0.05, 0.1) is 6.04 Å². The van der Waals surface area contributed by atoms with E-state index < -0.39 is 0 Å². The van der Waals surface area contributed by atoms with E-state index in [0.29, 0.717) is 0 Å². The summed E-state index contributed by atoms with van der Waals surface area (Å²) < 4.78 is 1.86. The predicted molar refractivity (Wildman–Crippen MR) is 53.5 cm³/mol. The van der Waals surface area contributed by atoms with Crippen LogP contribution < -0.4 is 11.1 Å². The number of carbonyl (C=O) groups is 1. The monoisotopic (exact) mass is 196 g/mol. The summed E-state index contributed by atoms with van der Waals surface area (Å²) in [5.41, 5.74) is 5.09. The molecule has 1 aromatic heterocycles. The lowest BCUT2D eigenvalue weighted by Gasteiger charge is -2.09. The first-order valence-electron chi connectivity index (χ1n) is 4.70. The van der Waals surface area contributed by atoms with Gasteiger partial charge in [0.2, 0.25) is 5.91 Å². The highest BCUT2D eigenvalue weighted by molar-refractivity contribution is 5.79. The molecule has 5 heteroatoms. The molecule has 1 rings (SSSR count). The maximum Gasteiger partial charge on any atom is 0.234 e. The third kappa shape index (κ3) is 3.57. The molecule has 1 aromatic rings. The van der Waals surface area contributed by atoms with E-state index in [1.165, 1.54) is 0 Å². The molecule has 78 valence electrons. The third-order valence-electron chi connectivity index (χ3n) is 2.00. The van der Waals surface area contributed by atoms with Gasteiger partial charge in [0.25, 0.3) is 0 Å². The van der Waals surface area contributed by atoms with Crippen molar-refractivity contribution in [3.63, 3.8) is 0 Å². The summed E-state index contributed by atoms with van der Waals surface area (Å²) >= 11 is 0. The van der Waals surface area contributed by atoms with Crippen molar-refractivity contribution in [2.24, 2.45) is 5.73 Å². The molecule has 1 unspecified atom stereocenters. The number of amides is 1. The Labute approximate surface area is 83.3 Å². The summed E-state index contributed by atoms with van der Waals surface area (Å²) in [7, 11) is 0. The van der Waals surface area contributed by atoms with Crippen LogP contribution in [-0.2, 0) is 11.3 Å². The molecular weight excluding hydrogens is 180 g/mol. The summed E-state index contributed by atoms with van der Waals surface area (Å²) in [4.78, 5) is 10.7. The highest BCUT2D eigenvalue weighted by Crippen LogP contribution is 1.88. The zero-order chi connectivity index (χ0) is 10.4.